The summed E-state index contributed by atoms with van der Waals surface area (Å²) in [5.74, 6) is 0.955. The van der Waals surface area contributed by atoms with Gasteiger partial charge in [0.25, 0.3) is 0 Å². The molecule has 0 heterocycles. The number of amides is 1. The van der Waals surface area contributed by atoms with Crippen molar-refractivity contribution in [3.8, 4) is 0 Å². The third kappa shape index (κ3) is 7.88. The molecular formula is C22H31IN4O. The van der Waals surface area contributed by atoms with Crippen molar-refractivity contribution in [2.75, 3.05) is 20.6 Å². The molecule has 0 spiro atoms. The lowest BCUT2D eigenvalue weighted by Gasteiger charge is -2.24. The van der Waals surface area contributed by atoms with E-state index in [-0.39, 0.29) is 42.5 Å². The van der Waals surface area contributed by atoms with Crippen LogP contribution in [0.3, 0.4) is 0 Å². The average Bonchev–Trinajstić information content (AvgIpc) is 2.70. The third-order valence-electron chi connectivity index (χ3n) is 4.61. The van der Waals surface area contributed by atoms with Crippen LogP contribution in [0.25, 0.3) is 0 Å². The number of guanidine groups is 1. The summed E-state index contributed by atoms with van der Waals surface area (Å²) >= 11 is 0. The zero-order chi connectivity index (χ0) is 19.6. The fraction of sp³-hybridized carbons (Fsp3) is 0.364. The molecule has 2 atom stereocenters. The summed E-state index contributed by atoms with van der Waals surface area (Å²) < 4.78 is 0. The smallest absolute Gasteiger partial charge is 0.241 e. The number of carbonyl (C=O) groups is 1. The molecule has 28 heavy (non-hydrogen) atoms. The van der Waals surface area contributed by atoms with Crippen LogP contribution < -0.4 is 10.6 Å². The van der Waals surface area contributed by atoms with E-state index in [1.165, 1.54) is 5.56 Å². The summed E-state index contributed by atoms with van der Waals surface area (Å²) in [5, 5.41) is 6.60. The average molecular weight is 494 g/mol. The number of nitrogens with zero attached hydrogens (tertiary/aromatic N) is 2. The van der Waals surface area contributed by atoms with Crippen LogP contribution in [0.15, 0.2) is 65.7 Å². The van der Waals surface area contributed by atoms with Gasteiger partial charge in [-0.05, 0) is 18.1 Å². The Bertz CT molecular complexity index is 735. The van der Waals surface area contributed by atoms with Gasteiger partial charge in [0.2, 0.25) is 5.91 Å². The number of carbonyl (C=O) groups excluding carboxylic acids is 1. The molecule has 2 rings (SSSR count). The standard InChI is InChI=1S/C22H30N4O.HI/c1-17(20-13-9-6-10-14-20)18(2)25-22(24-16-21(27)26(3)4)23-15-19-11-7-5-8-12-19;/h5-14,17-18H,15-16H2,1-4H3,(H2,23,24,25);1H. The molecule has 152 valence electrons. The molecule has 2 aromatic carbocycles. The highest BCUT2D eigenvalue weighted by Crippen LogP contribution is 2.18. The van der Waals surface area contributed by atoms with Crippen molar-refractivity contribution in [3.05, 3.63) is 71.8 Å². The van der Waals surface area contributed by atoms with Crippen LogP contribution in [0, 0.1) is 0 Å². The third-order valence-corrected chi connectivity index (χ3v) is 4.61. The van der Waals surface area contributed by atoms with Crippen molar-refractivity contribution in [2.24, 2.45) is 4.99 Å². The molecule has 0 bridgehead atoms. The molecule has 0 saturated carbocycles. The van der Waals surface area contributed by atoms with Gasteiger partial charge < -0.3 is 15.5 Å². The Morgan fingerprint density at radius 2 is 1.57 bits per heavy atom. The first kappa shape index (κ1) is 23.9. The van der Waals surface area contributed by atoms with E-state index >= 15 is 0 Å². The number of rotatable bonds is 7. The van der Waals surface area contributed by atoms with E-state index in [0.717, 1.165) is 5.56 Å². The Hall–Kier alpha value is -2.09. The molecule has 0 saturated heterocycles. The number of hydrogen-bond donors (Lipinski definition) is 2. The van der Waals surface area contributed by atoms with E-state index < -0.39 is 0 Å². The normalized spacial score (nSPS) is 13.1. The maximum Gasteiger partial charge on any atom is 0.241 e. The van der Waals surface area contributed by atoms with Crippen LogP contribution >= 0.6 is 24.0 Å². The van der Waals surface area contributed by atoms with Gasteiger partial charge in [0.05, 0.1) is 13.1 Å². The summed E-state index contributed by atoms with van der Waals surface area (Å²) in [4.78, 5) is 18.2. The fourth-order valence-corrected chi connectivity index (χ4v) is 2.61. The van der Waals surface area contributed by atoms with Crippen molar-refractivity contribution in [1.29, 1.82) is 0 Å². The van der Waals surface area contributed by atoms with Gasteiger partial charge in [-0.25, -0.2) is 4.99 Å². The highest BCUT2D eigenvalue weighted by atomic mass is 127. The van der Waals surface area contributed by atoms with Gasteiger partial charge in [-0.3, -0.25) is 4.79 Å². The van der Waals surface area contributed by atoms with E-state index in [1.807, 2.05) is 36.4 Å². The van der Waals surface area contributed by atoms with Crippen LogP contribution in [-0.4, -0.2) is 43.4 Å². The molecule has 0 fully saturated rings. The van der Waals surface area contributed by atoms with E-state index in [1.54, 1.807) is 19.0 Å². The minimum absolute atomic E-state index is 0. The van der Waals surface area contributed by atoms with Gasteiger partial charge in [-0.15, -0.1) is 24.0 Å². The van der Waals surface area contributed by atoms with Crippen LogP contribution in [0.2, 0.25) is 0 Å². The minimum atomic E-state index is 0. The second kappa shape index (κ2) is 12.4. The monoisotopic (exact) mass is 494 g/mol. The Morgan fingerprint density at radius 3 is 2.14 bits per heavy atom. The van der Waals surface area contributed by atoms with Gasteiger partial charge in [0, 0.05) is 26.1 Å². The van der Waals surface area contributed by atoms with Crippen LogP contribution in [0.5, 0.6) is 0 Å². The van der Waals surface area contributed by atoms with E-state index in [0.29, 0.717) is 18.4 Å². The highest BCUT2D eigenvalue weighted by Gasteiger charge is 2.16. The van der Waals surface area contributed by atoms with Crippen molar-refractivity contribution >= 4 is 35.8 Å². The van der Waals surface area contributed by atoms with E-state index in [4.69, 9.17) is 0 Å². The predicted octanol–water partition coefficient (Wildman–Crippen LogP) is 3.62. The van der Waals surface area contributed by atoms with Crippen molar-refractivity contribution in [2.45, 2.75) is 32.4 Å². The first-order valence-electron chi connectivity index (χ1n) is 9.31. The Kier molecular flexibility index (Phi) is 10.6. The topological polar surface area (TPSA) is 56.7 Å². The second-order valence-electron chi connectivity index (χ2n) is 6.92. The number of nitrogens with one attached hydrogen (secondary N) is 2. The molecular weight excluding hydrogens is 463 g/mol. The molecule has 0 aliphatic carbocycles. The van der Waals surface area contributed by atoms with Crippen LogP contribution in [0.4, 0.5) is 0 Å². The van der Waals surface area contributed by atoms with Gasteiger partial charge in [0.15, 0.2) is 5.96 Å². The molecule has 0 radical (unpaired) electrons. The maximum absolute atomic E-state index is 11.9. The molecule has 2 aromatic rings. The van der Waals surface area contributed by atoms with Crippen LogP contribution in [0.1, 0.15) is 30.9 Å². The molecule has 0 aliphatic heterocycles. The van der Waals surface area contributed by atoms with Gasteiger partial charge in [-0.2, -0.15) is 0 Å². The summed E-state index contributed by atoms with van der Waals surface area (Å²) in [7, 11) is 3.50. The molecule has 6 heteroatoms. The highest BCUT2D eigenvalue weighted by molar-refractivity contribution is 14.0. The lowest BCUT2D eigenvalue weighted by atomic mass is 9.94. The fourth-order valence-electron chi connectivity index (χ4n) is 2.61. The summed E-state index contributed by atoms with van der Waals surface area (Å²) in [6, 6.07) is 20.6. The largest absolute Gasteiger partial charge is 0.353 e. The number of benzene rings is 2. The quantitative estimate of drug-likeness (QED) is 0.351. The zero-order valence-corrected chi connectivity index (χ0v) is 19.4. The maximum atomic E-state index is 11.9. The second-order valence-corrected chi connectivity index (χ2v) is 6.92. The number of aliphatic imine (C=N–C) groups is 1. The number of halogens is 1. The van der Waals surface area contributed by atoms with E-state index in [9.17, 15) is 4.79 Å². The van der Waals surface area contributed by atoms with Crippen molar-refractivity contribution in [3.63, 3.8) is 0 Å². The SMILES string of the molecule is CC(NC(=NCc1ccccc1)NCC(=O)N(C)C)C(C)c1ccccc1.I. The first-order chi connectivity index (χ1) is 13.0. The van der Waals surface area contributed by atoms with Gasteiger partial charge >= 0.3 is 0 Å². The Balaban J connectivity index is 0.00000392. The van der Waals surface area contributed by atoms with Crippen LogP contribution in [-0.2, 0) is 11.3 Å². The number of likely N-dealkylation sites (N-methyl/N-ethyl adjacent to an activating group) is 1. The lowest BCUT2D eigenvalue weighted by Crippen LogP contribution is -2.47. The van der Waals surface area contributed by atoms with Crippen molar-refractivity contribution in [1.82, 2.24) is 15.5 Å². The Morgan fingerprint density at radius 1 is 1.00 bits per heavy atom. The molecule has 0 aliphatic rings. The molecule has 2 unspecified atom stereocenters. The lowest BCUT2D eigenvalue weighted by molar-refractivity contribution is -0.127. The predicted molar refractivity (Wildman–Crippen MR) is 127 cm³/mol. The molecule has 1 amide bonds. The summed E-state index contributed by atoms with van der Waals surface area (Å²) in [5.41, 5.74) is 2.39. The molecule has 5 nitrogen and oxygen atoms in total. The van der Waals surface area contributed by atoms with Gasteiger partial charge in [-0.1, -0.05) is 67.6 Å². The first-order valence-corrected chi connectivity index (χ1v) is 9.31. The molecule has 2 N–H and O–H groups in total. The zero-order valence-electron chi connectivity index (χ0n) is 17.1. The minimum Gasteiger partial charge on any atom is -0.353 e. The van der Waals surface area contributed by atoms with E-state index in [2.05, 4.69) is 53.7 Å². The Labute approximate surface area is 185 Å². The summed E-state index contributed by atoms with van der Waals surface area (Å²) in [6.07, 6.45) is 0. The van der Waals surface area contributed by atoms with Gasteiger partial charge in [0.1, 0.15) is 0 Å². The number of hydrogen-bond acceptors (Lipinski definition) is 2. The van der Waals surface area contributed by atoms with Crippen molar-refractivity contribution < 1.29 is 4.79 Å². The molecule has 0 aromatic heterocycles. The summed E-state index contributed by atoms with van der Waals surface area (Å²) in [6.45, 7) is 5.08.